The van der Waals surface area contributed by atoms with E-state index in [0.717, 1.165) is 18.4 Å². The molecule has 1 aliphatic rings. The summed E-state index contributed by atoms with van der Waals surface area (Å²) in [6, 6.07) is 5.11. The van der Waals surface area contributed by atoms with Crippen molar-refractivity contribution in [2.24, 2.45) is 0 Å². The molecular formula is C12H11F2O. The fraction of sp³-hybridized carbons (Fsp3) is 0.333. The fourth-order valence-corrected chi connectivity index (χ4v) is 1.55. The monoisotopic (exact) mass is 209 g/mol. The van der Waals surface area contributed by atoms with Crippen molar-refractivity contribution in [1.29, 1.82) is 0 Å². The predicted molar refractivity (Wildman–Crippen MR) is 53.0 cm³/mol. The summed E-state index contributed by atoms with van der Waals surface area (Å²) < 4.78 is 28.5. The quantitative estimate of drug-likeness (QED) is 0.737. The molecule has 1 aliphatic carbocycles. The minimum Gasteiger partial charge on any atom is -0.435 e. The third-order valence-corrected chi connectivity index (χ3v) is 2.41. The number of hydrogen-bond donors (Lipinski definition) is 0. The zero-order valence-electron chi connectivity index (χ0n) is 8.17. The lowest BCUT2D eigenvalue weighted by atomic mass is 10.1. The highest BCUT2D eigenvalue weighted by atomic mass is 19.3. The highest BCUT2D eigenvalue weighted by Crippen LogP contribution is 2.41. The van der Waals surface area contributed by atoms with Crippen molar-refractivity contribution in [3.05, 3.63) is 42.0 Å². The third-order valence-electron chi connectivity index (χ3n) is 2.41. The van der Waals surface area contributed by atoms with E-state index in [2.05, 4.69) is 17.4 Å². The molecule has 1 nitrogen and oxygen atoms in total. The zero-order valence-corrected chi connectivity index (χ0v) is 8.17. The molecule has 79 valence electrons. The van der Waals surface area contributed by atoms with Gasteiger partial charge < -0.3 is 4.74 Å². The molecule has 1 fully saturated rings. The SMILES string of the molecule is C=[C]c1cc(OC(F)F)cc(C2CC2)c1. The Kier molecular flexibility index (Phi) is 2.71. The summed E-state index contributed by atoms with van der Waals surface area (Å²) in [5.74, 6) is 0.693. The molecule has 0 heterocycles. The zero-order chi connectivity index (χ0) is 10.8. The molecule has 2 rings (SSSR count). The number of ether oxygens (including phenoxy) is 1. The first-order valence-electron chi connectivity index (χ1n) is 4.82. The minimum absolute atomic E-state index is 0.195. The van der Waals surface area contributed by atoms with Crippen LogP contribution in [0.25, 0.3) is 0 Å². The Bertz CT molecular complexity index is 370. The van der Waals surface area contributed by atoms with E-state index >= 15 is 0 Å². The number of benzene rings is 1. The number of rotatable bonds is 4. The van der Waals surface area contributed by atoms with Crippen LogP contribution in [0, 0.1) is 6.08 Å². The van der Waals surface area contributed by atoms with Crippen molar-refractivity contribution in [3.8, 4) is 5.75 Å². The van der Waals surface area contributed by atoms with Gasteiger partial charge in [0.1, 0.15) is 5.75 Å². The molecule has 0 amide bonds. The molecule has 0 spiro atoms. The van der Waals surface area contributed by atoms with Crippen LogP contribution in [0.1, 0.15) is 29.9 Å². The summed E-state index contributed by atoms with van der Waals surface area (Å²) in [7, 11) is 0. The van der Waals surface area contributed by atoms with Crippen LogP contribution in [0.4, 0.5) is 8.78 Å². The van der Waals surface area contributed by atoms with Gasteiger partial charge in [-0.05, 0) is 48.1 Å². The maximum absolute atomic E-state index is 12.0. The van der Waals surface area contributed by atoms with Gasteiger partial charge in [0.2, 0.25) is 0 Å². The highest BCUT2D eigenvalue weighted by Gasteiger charge is 2.24. The second-order valence-corrected chi connectivity index (χ2v) is 3.62. The Morgan fingerprint density at radius 1 is 1.33 bits per heavy atom. The van der Waals surface area contributed by atoms with Crippen molar-refractivity contribution >= 4 is 0 Å². The normalized spacial score (nSPS) is 15.4. The van der Waals surface area contributed by atoms with Crippen molar-refractivity contribution in [3.63, 3.8) is 0 Å². The van der Waals surface area contributed by atoms with Crippen molar-refractivity contribution in [1.82, 2.24) is 0 Å². The fourth-order valence-electron chi connectivity index (χ4n) is 1.55. The Morgan fingerprint density at radius 2 is 2.07 bits per heavy atom. The average molecular weight is 209 g/mol. The lowest BCUT2D eigenvalue weighted by molar-refractivity contribution is -0.0498. The van der Waals surface area contributed by atoms with Crippen molar-refractivity contribution < 1.29 is 13.5 Å². The molecule has 1 radical (unpaired) electrons. The van der Waals surface area contributed by atoms with E-state index in [1.807, 2.05) is 6.07 Å². The van der Waals surface area contributed by atoms with Gasteiger partial charge in [0, 0.05) is 0 Å². The van der Waals surface area contributed by atoms with Crippen LogP contribution in [0.2, 0.25) is 0 Å². The van der Waals surface area contributed by atoms with Gasteiger partial charge in [-0.3, -0.25) is 0 Å². The predicted octanol–water partition coefficient (Wildman–Crippen LogP) is 3.50. The molecule has 0 N–H and O–H groups in total. The van der Waals surface area contributed by atoms with Gasteiger partial charge in [-0.2, -0.15) is 8.78 Å². The summed E-state index contributed by atoms with van der Waals surface area (Å²) >= 11 is 0. The standard InChI is InChI=1S/C12H11F2O/c1-2-8-5-10(9-3-4-9)7-11(6-8)15-12(13)14/h5-7,9,12H,1,3-4H2. The van der Waals surface area contributed by atoms with Gasteiger partial charge >= 0.3 is 6.61 Å². The second-order valence-electron chi connectivity index (χ2n) is 3.62. The van der Waals surface area contributed by atoms with E-state index < -0.39 is 6.61 Å². The van der Waals surface area contributed by atoms with Crippen LogP contribution in [0.15, 0.2) is 24.8 Å². The van der Waals surface area contributed by atoms with E-state index in [9.17, 15) is 8.78 Å². The Hall–Kier alpha value is -1.38. The molecule has 1 aromatic rings. The van der Waals surface area contributed by atoms with E-state index in [4.69, 9.17) is 0 Å². The first-order valence-corrected chi connectivity index (χ1v) is 4.82. The molecule has 3 heteroatoms. The first-order chi connectivity index (χ1) is 7.19. The van der Waals surface area contributed by atoms with Gasteiger partial charge in [-0.25, -0.2) is 0 Å². The molecule has 0 aromatic heterocycles. The summed E-state index contributed by atoms with van der Waals surface area (Å²) in [6.45, 7) is 0.724. The number of alkyl halides is 2. The van der Waals surface area contributed by atoms with Crippen molar-refractivity contribution in [2.45, 2.75) is 25.4 Å². The smallest absolute Gasteiger partial charge is 0.387 e. The van der Waals surface area contributed by atoms with Gasteiger partial charge in [0.15, 0.2) is 0 Å². The second kappa shape index (κ2) is 4.01. The van der Waals surface area contributed by atoms with E-state index in [1.54, 1.807) is 6.07 Å². The molecule has 1 saturated carbocycles. The summed E-state index contributed by atoms with van der Waals surface area (Å²) in [5, 5.41) is 0. The van der Waals surface area contributed by atoms with Gasteiger partial charge in [-0.15, -0.1) is 0 Å². The largest absolute Gasteiger partial charge is 0.435 e. The molecule has 0 unspecified atom stereocenters. The number of halogens is 2. The van der Waals surface area contributed by atoms with Crippen LogP contribution in [-0.4, -0.2) is 6.61 Å². The van der Waals surface area contributed by atoms with E-state index in [-0.39, 0.29) is 5.75 Å². The van der Waals surface area contributed by atoms with Crippen LogP contribution in [0.5, 0.6) is 5.75 Å². The number of hydrogen-bond acceptors (Lipinski definition) is 1. The van der Waals surface area contributed by atoms with E-state index in [1.165, 1.54) is 6.07 Å². The molecule has 15 heavy (non-hydrogen) atoms. The lowest BCUT2D eigenvalue weighted by Gasteiger charge is -2.08. The molecule has 0 bridgehead atoms. The maximum atomic E-state index is 12.0. The summed E-state index contributed by atoms with van der Waals surface area (Å²) in [5.41, 5.74) is 1.74. The Morgan fingerprint density at radius 3 is 2.60 bits per heavy atom. The minimum atomic E-state index is -2.78. The van der Waals surface area contributed by atoms with E-state index in [0.29, 0.717) is 11.5 Å². The average Bonchev–Trinajstić information content (AvgIpc) is 2.99. The van der Waals surface area contributed by atoms with Crippen LogP contribution < -0.4 is 4.74 Å². The molecule has 0 atom stereocenters. The van der Waals surface area contributed by atoms with Crippen LogP contribution >= 0.6 is 0 Å². The van der Waals surface area contributed by atoms with Gasteiger partial charge in [0.05, 0.1) is 0 Å². The Labute approximate surface area is 87.4 Å². The van der Waals surface area contributed by atoms with Crippen LogP contribution in [-0.2, 0) is 0 Å². The molecule has 1 aromatic carbocycles. The topological polar surface area (TPSA) is 9.23 Å². The Balaban J connectivity index is 2.28. The van der Waals surface area contributed by atoms with Crippen LogP contribution in [0.3, 0.4) is 0 Å². The molecular weight excluding hydrogens is 198 g/mol. The van der Waals surface area contributed by atoms with Gasteiger partial charge in [0.25, 0.3) is 0 Å². The van der Waals surface area contributed by atoms with Gasteiger partial charge in [-0.1, -0.05) is 12.6 Å². The highest BCUT2D eigenvalue weighted by molar-refractivity contribution is 5.40. The summed E-state index contributed by atoms with van der Waals surface area (Å²) in [4.78, 5) is 0. The van der Waals surface area contributed by atoms with Crippen molar-refractivity contribution in [2.75, 3.05) is 0 Å². The maximum Gasteiger partial charge on any atom is 0.387 e. The molecule has 0 aliphatic heterocycles. The first kappa shape index (κ1) is 10.1. The third kappa shape index (κ3) is 2.55. The molecule has 0 saturated heterocycles. The summed E-state index contributed by atoms with van der Waals surface area (Å²) in [6.07, 6.45) is 4.93. The lowest BCUT2D eigenvalue weighted by Crippen LogP contribution is -2.02.